The Hall–Kier alpha value is -5.02. The third kappa shape index (κ3) is 4.78. The van der Waals surface area contributed by atoms with E-state index < -0.39 is 0 Å². The minimum Gasteiger partial charge on any atom is -0.311 e. The summed E-state index contributed by atoms with van der Waals surface area (Å²) in [5, 5.41) is 0. The van der Waals surface area contributed by atoms with Crippen molar-refractivity contribution in [3.05, 3.63) is 148 Å². The fraction of sp³-hybridized carbons (Fsp3) is 0.265. The van der Waals surface area contributed by atoms with Gasteiger partial charge in [-0.25, -0.2) is 0 Å². The first kappa shape index (κ1) is 31.7. The first-order valence-corrected chi connectivity index (χ1v) is 19.5. The summed E-state index contributed by atoms with van der Waals surface area (Å²) in [4.78, 5) is 5.18. The van der Waals surface area contributed by atoms with Crippen molar-refractivity contribution in [2.45, 2.75) is 85.5 Å². The Bertz CT molecular complexity index is 2400. The minimum atomic E-state index is 0.0871. The topological polar surface area (TPSA) is 6.48 Å². The molecular formula is C49H47BN2. The predicted molar refractivity (Wildman–Crippen MR) is 223 cm³/mol. The molecule has 2 nitrogen and oxygen atoms in total. The van der Waals surface area contributed by atoms with Crippen molar-refractivity contribution in [1.29, 1.82) is 0 Å². The van der Waals surface area contributed by atoms with Gasteiger partial charge in [-0.2, -0.15) is 0 Å². The van der Waals surface area contributed by atoms with Gasteiger partial charge in [-0.3, -0.25) is 0 Å². The summed E-state index contributed by atoms with van der Waals surface area (Å²) in [6, 6.07) is 40.6. The van der Waals surface area contributed by atoms with Gasteiger partial charge >= 0.3 is 0 Å². The third-order valence-electron chi connectivity index (χ3n) is 12.4. The number of hydrogen-bond acceptors (Lipinski definition) is 2. The molecule has 0 atom stereocenters. The van der Waals surface area contributed by atoms with E-state index in [1.54, 1.807) is 22.3 Å². The van der Waals surface area contributed by atoms with E-state index in [1.165, 1.54) is 122 Å². The standard InChI is InChI=1S/C49H47BN2/c1-30-13-19-37(20-14-30)51-43-23-15-31(2)25-41(43)50-42-26-32(3)16-24-44(42)52(38-21-17-36(18-22-38)49(4,5)6)46-29-35(28-45(51)48(46)50)47-39-11-7-9-33(39)27-34-10-8-12-40(34)47/h13-29H,7-12H2,1-6H3. The van der Waals surface area contributed by atoms with Crippen molar-refractivity contribution in [2.24, 2.45) is 0 Å². The van der Waals surface area contributed by atoms with Crippen LogP contribution >= 0.6 is 0 Å². The highest BCUT2D eigenvalue weighted by Gasteiger charge is 2.44. The Morgan fingerprint density at radius 2 is 0.981 bits per heavy atom. The molecule has 0 fully saturated rings. The predicted octanol–water partition coefficient (Wildman–Crippen LogP) is 10.6. The molecule has 52 heavy (non-hydrogen) atoms. The molecule has 0 spiro atoms. The van der Waals surface area contributed by atoms with E-state index in [-0.39, 0.29) is 12.1 Å². The number of anilines is 6. The number of nitrogens with zero attached hydrogens (tertiary/aromatic N) is 2. The van der Waals surface area contributed by atoms with Crippen molar-refractivity contribution >= 4 is 57.2 Å². The molecule has 2 aliphatic heterocycles. The van der Waals surface area contributed by atoms with Crippen molar-refractivity contribution < 1.29 is 0 Å². The molecule has 256 valence electrons. The molecule has 0 unspecified atom stereocenters. The van der Waals surface area contributed by atoms with Crippen LogP contribution in [0.3, 0.4) is 0 Å². The molecule has 0 bridgehead atoms. The van der Waals surface area contributed by atoms with Crippen LogP contribution in [0.5, 0.6) is 0 Å². The van der Waals surface area contributed by atoms with Crippen LogP contribution in [0.1, 0.15) is 78.1 Å². The molecule has 6 aromatic rings. The molecule has 0 aromatic heterocycles. The lowest BCUT2D eigenvalue weighted by atomic mass is 9.33. The van der Waals surface area contributed by atoms with E-state index in [9.17, 15) is 0 Å². The SMILES string of the molecule is Cc1ccc(N2c3ccc(C)cc3B3c4cc(C)ccc4N(c4ccc(C(C)(C)C)cc4)c4cc(-c5c6c(cc7c5CCC7)CCC6)cc2c43)cc1. The molecule has 2 heterocycles. The van der Waals surface area contributed by atoms with Crippen molar-refractivity contribution in [1.82, 2.24) is 0 Å². The van der Waals surface area contributed by atoms with Crippen LogP contribution in [-0.4, -0.2) is 6.71 Å². The van der Waals surface area contributed by atoms with Gasteiger partial charge in [-0.15, -0.1) is 0 Å². The molecule has 10 rings (SSSR count). The lowest BCUT2D eigenvalue weighted by Crippen LogP contribution is -2.61. The molecule has 3 heteroatoms. The molecule has 0 saturated heterocycles. The van der Waals surface area contributed by atoms with Crippen LogP contribution in [0.15, 0.2) is 103 Å². The third-order valence-corrected chi connectivity index (χ3v) is 12.4. The number of aryl methyl sites for hydroxylation is 5. The smallest absolute Gasteiger partial charge is 0.252 e. The van der Waals surface area contributed by atoms with Gasteiger partial charge in [0, 0.05) is 34.1 Å². The monoisotopic (exact) mass is 674 g/mol. The zero-order valence-corrected chi connectivity index (χ0v) is 31.5. The number of fused-ring (bicyclic) bond motifs is 6. The molecule has 0 saturated carbocycles. The summed E-state index contributed by atoms with van der Waals surface area (Å²) in [5.74, 6) is 0. The van der Waals surface area contributed by atoms with Crippen LogP contribution in [-0.2, 0) is 31.1 Å². The van der Waals surface area contributed by atoms with Gasteiger partial charge in [0.1, 0.15) is 0 Å². The van der Waals surface area contributed by atoms with Crippen LogP contribution in [0.4, 0.5) is 34.1 Å². The quantitative estimate of drug-likeness (QED) is 0.172. The second-order valence-corrected chi connectivity index (χ2v) is 17.0. The molecular weight excluding hydrogens is 627 g/mol. The van der Waals surface area contributed by atoms with Crippen LogP contribution < -0.4 is 26.2 Å². The summed E-state index contributed by atoms with van der Waals surface area (Å²) in [7, 11) is 0. The largest absolute Gasteiger partial charge is 0.311 e. The molecule has 2 aliphatic carbocycles. The first-order chi connectivity index (χ1) is 25.1. The summed E-state index contributed by atoms with van der Waals surface area (Å²) >= 11 is 0. The fourth-order valence-electron chi connectivity index (χ4n) is 9.91. The lowest BCUT2D eigenvalue weighted by molar-refractivity contribution is 0.590. The molecule has 0 amide bonds. The van der Waals surface area contributed by atoms with Gasteiger partial charge in [-0.05, 0) is 169 Å². The van der Waals surface area contributed by atoms with Crippen molar-refractivity contribution in [3.8, 4) is 11.1 Å². The fourth-order valence-corrected chi connectivity index (χ4v) is 9.91. The maximum atomic E-state index is 2.59. The van der Waals surface area contributed by atoms with Gasteiger partial charge in [0.15, 0.2) is 0 Å². The van der Waals surface area contributed by atoms with Gasteiger partial charge in [0.25, 0.3) is 6.71 Å². The Morgan fingerprint density at radius 1 is 0.500 bits per heavy atom. The normalized spacial score (nSPS) is 15.3. The summed E-state index contributed by atoms with van der Waals surface area (Å²) in [6.45, 7) is 13.7. The summed E-state index contributed by atoms with van der Waals surface area (Å²) in [5.41, 5.74) is 26.4. The summed E-state index contributed by atoms with van der Waals surface area (Å²) < 4.78 is 0. The Morgan fingerprint density at radius 3 is 1.48 bits per heavy atom. The lowest BCUT2D eigenvalue weighted by Gasteiger charge is -2.45. The van der Waals surface area contributed by atoms with Gasteiger partial charge in [0.05, 0.1) is 0 Å². The Balaban J connectivity index is 1.33. The number of benzene rings is 6. The number of rotatable bonds is 3. The maximum absolute atomic E-state index is 2.59. The van der Waals surface area contributed by atoms with Gasteiger partial charge in [-0.1, -0.05) is 92.1 Å². The maximum Gasteiger partial charge on any atom is 0.252 e. The molecule has 4 aliphatic rings. The van der Waals surface area contributed by atoms with Crippen molar-refractivity contribution in [2.75, 3.05) is 9.80 Å². The van der Waals surface area contributed by atoms with E-state index in [2.05, 4.69) is 154 Å². The van der Waals surface area contributed by atoms with Crippen LogP contribution in [0.25, 0.3) is 11.1 Å². The highest BCUT2D eigenvalue weighted by Crippen LogP contribution is 2.49. The minimum absolute atomic E-state index is 0.0871. The molecule has 6 aromatic carbocycles. The first-order valence-electron chi connectivity index (χ1n) is 19.5. The van der Waals surface area contributed by atoms with Gasteiger partial charge in [0.2, 0.25) is 0 Å². The van der Waals surface area contributed by atoms with Crippen LogP contribution in [0, 0.1) is 20.8 Å². The second kappa shape index (κ2) is 11.5. The average molecular weight is 675 g/mol. The Kier molecular flexibility index (Phi) is 7.01. The van der Waals surface area contributed by atoms with E-state index in [0.29, 0.717) is 0 Å². The van der Waals surface area contributed by atoms with E-state index >= 15 is 0 Å². The highest BCUT2D eigenvalue weighted by molar-refractivity contribution is 7.00. The zero-order valence-electron chi connectivity index (χ0n) is 31.5. The van der Waals surface area contributed by atoms with E-state index in [1.807, 2.05) is 0 Å². The zero-order chi connectivity index (χ0) is 35.5. The summed E-state index contributed by atoms with van der Waals surface area (Å²) in [6.07, 6.45) is 7.28. The molecule has 0 radical (unpaired) electrons. The van der Waals surface area contributed by atoms with E-state index in [4.69, 9.17) is 0 Å². The average Bonchev–Trinajstić information content (AvgIpc) is 3.80. The van der Waals surface area contributed by atoms with Crippen molar-refractivity contribution in [3.63, 3.8) is 0 Å². The van der Waals surface area contributed by atoms with Gasteiger partial charge < -0.3 is 9.80 Å². The second-order valence-electron chi connectivity index (χ2n) is 17.0. The highest BCUT2D eigenvalue weighted by atomic mass is 15.2. The Labute approximate surface area is 310 Å². The van der Waals surface area contributed by atoms with Crippen LogP contribution in [0.2, 0.25) is 0 Å². The van der Waals surface area contributed by atoms with E-state index in [0.717, 1.165) is 0 Å². The number of hydrogen-bond donors (Lipinski definition) is 0. The molecule has 0 N–H and O–H groups in total.